The molecule has 1 N–H and O–H groups in total. The molecule has 1 rings (SSSR count). The Morgan fingerprint density at radius 1 is 1.29 bits per heavy atom. The summed E-state index contributed by atoms with van der Waals surface area (Å²) in [5.74, 6) is 0. The molecule has 0 aliphatic rings. The van der Waals surface area contributed by atoms with Crippen LogP contribution in [-0.4, -0.2) is 6.04 Å². The molecular formula is C15H24ClN. The zero-order valence-electron chi connectivity index (χ0n) is 11.2. The average Bonchev–Trinajstić information content (AvgIpc) is 2.34. The molecule has 1 aromatic carbocycles. The molecule has 0 spiro atoms. The van der Waals surface area contributed by atoms with Crippen LogP contribution in [0, 0.1) is 0 Å². The molecule has 0 heterocycles. The first-order chi connectivity index (χ1) is 8.17. The molecule has 0 saturated heterocycles. The number of nitrogens with one attached hydrogen (secondary N) is 1. The number of halogens is 1. The second kappa shape index (κ2) is 7.73. The molecule has 0 aliphatic heterocycles. The lowest BCUT2D eigenvalue weighted by molar-refractivity contribution is 0.410. The fraction of sp³-hybridized carbons (Fsp3) is 0.600. The standard InChI is InChI=1S/C15H24ClN/c1-4-6-10-15(5-2)17-12(3)13-8-7-9-14(16)11-13/h7-9,11-12,15,17H,4-6,10H2,1-3H3/t12-,15?/m0/s1. The zero-order valence-corrected chi connectivity index (χ0v) is 11.9. The minimum Gasteiger partial charge on any atom is -0.307 e. The maximum absolute atomic E-state index is 6.02. The molecule has 0 saturated carbocycles. The van der Waals surface area contributed by atoms with E-state index in [1.165, 1.54) is 31.2 Å². The van der Waals surface area contributed by atoms with E-state index in [1.54, 1.807) is 0 Å². The van der Waals surface area contributed by atoms with Crippen molar-refractivity contribution in [2.24, 2.45) is 0 Å². The molecule has 0 bridgehead atoms. The fourth-order valence-electron chi connectivity index (χ4n) is 2.08. The van der Waals surface area contributed by atoms with E-state index in [1.807, 2.05) is 18.2 Å². The van der Waals surface area contributed by atoms with E-state index >= 15 is 0 Å². The van der Waals surface area contributed by atoms with Gasteiger partial charge >= 0.3 is 0 Å². The van der Waals surface area contributed by atoms with Gasteiger partial charge in [-0.3, -0.25) is 0 Å². The zero-order chi connectivity index (χ0) is 12.7. The molecular weight excluding hydrogens is 230 g/mol. The van der Waals surface area contributed by atoms with Crippen LogP contribution in [0.2, 0.25) is 5.02 Å². The lowest BCUT2D eigenvalue weighted by atomic mass is 10.0. The van der Waals surface area contributed by atoms with Crippen molar-refractivity contribution >= 4 is 11.6 Å². The summed E-state index contributed by atoms with van der Waals surface area (Å²) in [7, 11) is 0. The second-order valence-electron chi connectivity index (χ2n) is 4.69. The summed E-state index contributed by atoms with van der Waals surface area (Å²) in [6.07, 6.45) is 5.01. The monoisotopic (exact) mass is 253 g/mol. The van der Waals surface area contributed by atoms with Gasteiger partial charge in [-0.25, -0.2) is 0 Å². The van der Waals surface area contributed by atoms with Crippen LogP contribution in [0.3, 0.4) is 0 Å². The van der Waals surface area contributed by atoms with Crippen LogP contribution in [0.25, 0.3) is 0 Å². The van der Waals surface area contributed by atoms with Gasteiger partial charge in [0.1, 0.15) is 0 Å². The summed E-state index contributed by atoms with van der Waals surface area (Å²) < 4.78 is 0. The maximum atomic E-state index is 6.02. The van der Waals surface area contributed by atoms with E-state index in [4.69, 9.17) is 11.6 Å². The SMILES string of the molecule is CCCCC(CC)N[C@@H](C)c1cccc(Cl)c1. The Balaban J connectivity index is 2.54. The number of benzene rings is 1. The normalized spacial score (nSPS) is 14.6. The smallest absolute Gasteiger partial charge is 0.0409 e. The van der Waals surface area contributed by atoms with E-state index in [-0.39, 0.29) is 0 Å². The van der Waals surface area contributed by atoms with Gasteiger partial charge in [-0.05, 0) is 37.5 Å². The molecule has 0 fully saturated rings. The molecule has 17 heavy (non-hydrogen) atoms. The van der Waals surface area contributed by atoms with Gasteiger partial charge in [0.15, 0.2) is 0 Å². The lowest BCUT2D eigenvalue weighted by Gasteiger charge is -2.22. The van der Waals surface area contributed by atoms with Crippen LogP contribution in [0.5, 0.6) is 0 Å². The summed E-state index contributed by atoms with van der Waals surface area (Å²) in [6, 6.07) is 9.11. The molecule has 1 unspecified atom stereocenters. The van der Waals surface area contributed by atoms with Crippen LogP contribution in [0.1, 0.15) is 58.1 Å². The van der Waals surface area contributed by atoms with Crippen LogP contribution in [0.4, 0.5) is 0 Å². The number of unbranched alkanes of at least 4 members (excludes halogenated alkanes) is 1. The number of hydrogen-bond acceptors (Lipinski definition) is 1. The van der Waals surface area contributed by atoms with E-state index in [9.17, 15) is 0 Å². The van der Waals surface area contributed by atoms with Crippen LogP contribution in [-0.2, 0) is 0 Å². The Kier molecular flexibility index (Phi) is 6.61. The molecule has 96 valence electrons. The molecule has 0 aromatic heterocycles. The lowest BCUT2D eigenvalue weighted by Crippen LogP contribution is -2.30. The highest BCUT2D eigenvalue weighted by Gasteiger charge is 2.11. The first kappa shape index (κ1) is 14.5. The minimum atomic E-state index is 0.371. The third-order valence-electron chi connectivity index (χ3n) is 3.23. The van der Waals surface area contributed by atoms with Crippen LogP contribution in [0.15, 0.2) is 24.3 Å². The van der Waals surface area contributed by atoms with E-state index in [0.717, 1.165) is 5.02 Å². The second-order valence-corrected chi connectivity index (χ2v) is 5.13. The van der Waals surface area contributed by atoms with Gasteiger partial charge in [0, 0.05) is 17.1 Å². The van der Waals surface area contributed by atoms with Crippen molar-refractivity contribution in [3.8, 4) is 0 Å². The highest BCUT2D eigenvalue weighted by molar-refractivity contribution is 6.30. The molecule has 0 aliphatic carbocycles. The van der Waals surface area contributed by atoms with Gasteiger partial charge in [0.25, 0.3) is 0 Å². The van der Waals surface area contributed by atoms with Crippen LogP contribution >= 0.6 is 11.6 Å². The predicted molar refractivity (Wildman–Crippen MR) is 76.6 cm³/mol. The van der Waals surface area contributed by atoms with Gasteiger partial charge in [-0.2, -0.15) is 0 Å². The largest absolute Gasteiger partial charge is 0.307 e. The molecule has 2 heteroatoms. The Bertz CT molecular complexity index is 324. The summed E-state index contributed by atoms with van der Waals surface area (Å²) in [4.78, 5) is 0. The van der Waals surface area contributed by atoms with Gasteiger partial charge in [0.05, 0.1) is 0 Å². The molecule has 0 radical (unpaired) electrons. The van der Waals surface area contributed by atoms with Crippen molar-refractivity contribution in [1.82, 2.24) is 5.32 Å². The summed E-state index contributed by atoms with van der Waals surface area (Å²) >= 11 is 6.02. The first-order valence-corrected chi connectivity index (χ1v) is 7.06. The van der Waals surface area contributed by atoms with Crippen molar-refractivity contribution in [3.05, 3.63) is 34.9 Å². The highest BCUT2D eigenvalue weighted by Crippen LogP contribution is 2.19. The summed E-state index contributed by atoms with van der Waals surface area (Å²) in [6.45, 7) is 6.70. The molecule has 0 amide bonds. The predicted octanol–water partition coefficient (Wildman–Crippen LogP) is 4.96. The Labute approximate surface area is 111 Å². The fourth-order valence-corrected chi connectivity index (χ4v) is 2.28. The maximum Gasteiger partial charge on any atom is 0.0409 e. The van der Waals surface area contributed by atoms with Gasteiger partial charge in [-0.15, -0.1) is 0 Å². The minimum absolute atomic E-state index is 0.371. The van der Waals surface area contributed by atoms with E-state index in [2.05, 4.69) is 32.2 Å². The Hall–Kier alpha value is -0.530. The van der Waals surface area contributed by atoms with E-state index in [0.29, 0.717) is 12.1 Å². The summed E-state index contributed by atoms with van der Waals surface area (Å²) in [5, 5.41) is 4.50. The topological polar surface area (TPSA) is 12.0 Å². The van der Waals surface area contributed by atoms with Crippen molar-refractivity contribution in [2.45, 2.75) is 58.5 Å². The third-order valence-corrected chi connectivity index (χ3v) is 3.47. The third kappa shape index (κ3) is 5.10. The molecule has 1 aromatic rings. The van der Waals surface area contributed by atoms with Gasteiger partial charge in [0.2, 0.25) is 0 Å². The van der Waals surface area contributed by atoms with Crippen molar-refractivity contribution in [2.75, 3.05) is 0 Å². The van der Waals surface area contributed by atoms with Crippen LogP contribution < -0.4 is 5.32 Å². The summed E-state index contributed by atoms with van der Waals surface area (Å²) in [5.41, 5.74) is 1.27. The molecule has 2 atom stereocenters. The Morgan fingerprint density at radius 2 is 2.06 bits per heavy atom. The van der Waals surface area contributed by atoms with Crippen molar-refractivity contribution in [3.63, 3.8) is 0 Å². The average molecular weight is 254 g/mol. The van der Waals surface area contributed by atoms with Gasteiger partial charge < -0.3 is 5.32 Å². The van der Waals surface area contributed by atoms with E-state index < -0.39 is 0 Å². The molecule has 1 nitrogen and oxygen atoms in total. The quantitative estimate of drug-likeness (QED) is 0.724. The number of hydrogen-bond donors (Lipinski definition) is 1. The van der Waals surface area contributed by atoms with Crippen molar-refractivity contribution < 1.29 is 0 Å². The Morgan fingerprint density at radius 3 is 2.65 bits per heavy atom. The highest BCUT2D eigenvalue weighted by atomic mass is 35.5. The first-order valence-electron chi connectivity index (χ1n) is 6.68. The van der Waals surface area contributed by atoms with Gasteiger partial charge in [-0.1, -0.05) is 50.4 Å². The number of rotatable bonds is 7. The van der Waals surface area contributed by atoms with Crippen molar-refractivity contribution in [1.29, 1.82) is 0 Å².